The van der Waals surface area contributed by atoms with E-state index in [0.29, 0.717) is 37.2 Å². The number of nitrogens with zero attached hydrogens (tertiary/aromatic N) is 6. The number of carbonyl (C=O) groups is 1. The Morgan fingerprint density at radius 1 is 1.03 bits per heavy atom. The summed E-state index contributed by atoms with van der Waals surface area (Å²) in [4.78, 5) is 25.6. The van der Waals surface area contributed by atoms with Gasteiger partial charge in [0.15, 0.2) is 0 Å². The average Bonchev–Trinajstić information content (AvgIpc) is 3.21. The molecular formula is C25H34N6O. The van der Waals surface area contributed by atoms with Gasteiger partial charge in [-0.2, -0.15) is 9.50 Å². The molecule has 0 atom stereocenters. The number of hydrogen-bond donors (Lipinski definition) is 0. The molecule has 7 heteroatoms. The van der Waals surface area contributed by atoms with E-state index in [9.17, 15) is 4.79 Å². The quantitative estimate of drug-likeness (QED) is 0.603. The van der Waals surface area contributed by atoms with Gasteiger partial charge in [0, 0.05) is 44.4 Å². The topological polar surface area (TPSA) is 66.6 Å². The van der Waals surface area contributed by atoms with Crippen LogP contribution in [-0.2, 0) is 10.2 Å². The van der Waals surface area contributed by atoms with Crippen LogP contribution >= 0.6 is 0 Å². The van der Waals surface area contributed by atoms with Crippen molar-refractivity contribution in [2.75, 3.05) is 31.1 Å². The number of benzene rings is 1. The van der Waals surface area contributed by atoms with Gasteiger partial charge in [0.2, 0.25) is 11.9 Å². The summed E-state index contributed by atoms with van der Waals surface area (Å²) in [5, 5.41) is 4.78. The predicted molar refractivity (Wildman–Crippen MR) is 128 cm³/mol. The molecule has 4 rings (SSSR count). The summed E-state index contributed by atoms with van der Waals surface area (Å²) in [6, 6.07) is 10.6. The highest BCUT2D eigenvalue weighted by atomic mass is 16.2. The van der Waals surface area contributed by atoms with Crippen LogP contribution in [0.15, 0.2) is 36.5 Å². The molecule has 0 saturated carbocycles. The Hall–Kier alpha value is -2.96. The van der Waals surface area contributed by atoms with Gasteiger partial charge in [-0.25, -0.2) is 4.98 Å². The molecule has 0 bridgehead atoms. The summed E-state index contributed by atoms with van der Waals surface area (Å²) < 4.78 is 1.82. The van der Waals surface area contributed by atoms with Crippen LogP contribution < -0.4 is 4.90 Å². The summed E-state index contributed by atoms with van der Waals surface area (Å²) in [5.41, 5.74) is 3.47. The maximum Gasteiger partial charge on any atom is 0.254 e. The second kappa shape index (κ2) is 8.88. The Kier molecular flexibility index (Phi) is 6.17. The lowest BCUT2D eigenvalue weighted by atomic mass is 9.86. The number of amides is 1. The molecule has 0 N–H and O–H groups in total. The van der Waals surface area contributed by atoms with Crippen molar-refractivity contribution in [3.8, 4) is 11.3 Å². The Balaban J connectivity index is 1.50. The van der Waals surface area contributed by atoms with Gasteiger partial charge in [-0.1, -0.05) is 58.9 Å². The molecule has 0 spiro atoms. The third-order valence-electron chi connectivity index (χ3n) is 6.13. The zero-order chi connectivity index (χ0) is 22.9. The zero-order valence-corrected chi connectivity index (χ0v) is 19.9. The maximum atomic E-state index is 12.4. The zero-order valence-electron chi connectivity index (χ0n) is 19.9. The number of anilines is 1. The van der Waals surface area contributed by atoms with Gasteiger partial charge in [-0.05, 0) is 29.4 Å². The lowest BCUT2D eigenvalue weighted by Crippen LogP contribution is -2.49. The fourth-order valence-electron chi connectivity index (χ4n) is 4.00. The van der Waals surface area contributed by atoms with Crippen molar-refractivity contribution in [3.05, 3.63) is 42.1 Å². The van der Waals surface area contributed by atoms with Crippen LogP contribution in [0.1, 0.15) is 53.0 Å². The Labute approximate surface area is 190 Å². The number of rotatable bonds is 5. The summed E-state index contributed by atoms with van der Waals surface area (Å²) in [5.74, 6) is 2.07. The maximum absolute atomic E-state index is 12.4. The highest BCUT2D eigenvalue weighted by Gasteiger charge is 2.24. The van der Waals surface area contributed by atoms with E-state index in [-0.39, 0.29) is 11.3 Å². The van der Waals surface area contributed by atoms with Gasteiger partial charge in [0.25, 0.3) is 5.78 Å². The van der Waals surface area contributed by atoms with Gasteiger partial charge in [-0.3, -0.25) is 4.79 Å². The van der Waals surface area contributed by atoms with E-state index in [1.165, 1.54) is 5.56 Å². The van der Waals surface area contributed by atoms with Crippen LogP contribution in [-0.4, -0.2) is 56.6 Å². The Bertz CT molecular complexity index is 1070. The molecule has 0 aliphatic carbocycles. The van der Waals surface area contributed by atoms with Crippen LogP contribution in [0.4, 0.5) is 5.95 Å². The first-order valence-electron chi connectivity index (χ1n) is 11.6. The molecule has 2 aromatic heterocycles. The number of hydrogen-bond acceptors (Lipinski definition) is 5. The first-order chi connectivity index (χ1) is 15.2. The predicted octanol–water partition coefficient (Wildman–Crippen LogP) is 4.17. The highest BCUT2D eigenvalue weighted by molar-refractivity contribution is 5.76. The van der Waals surface area contributed by atoms with E-state index >= 15 is 0 Å². The summed E-state index contributed by atoms with van der Waals surface area (Å²) >= 11 is 0. The first kappa shape index (κ1) is 22.2. The monoisotopic (exact) mass is 434 g/mol. The lowest BCUT2D eigenvalue weighted by Gasteiger charge is -2.34. The highest BCUT2D eigenvalue weighted by Crippen LogP contribution is 2.26. The van der Waals surface area contributed by atoms with Gasteiger partial charge in [0.05, 0.1) is 5.69 Å². The molecule has 3 aromatic rings. The molecule has 1 fully saturated rings. The molecule has 0 unspecified atom stereocenters. The van der Waals surface area contributed by atoms with E-state index in [1.807, 2.05) is 15.5 Å². The van der Waals surface area contributed by atoms with Crippen LogP contribution in [0.25, 0.3) is 17.0 Å². The molecular weight excluding hydrogens is 400 g/mol. The van der Waals surface area contributed by atoms with E-state index < -0.39 is 0 Å². The molecule has 1 amide bonds. The minimum absolute atomic E-state index is 0.116. The molecule has 1 saturated heterocycles. The van der Waals surface area contributed by atoms with Gasteiger partial charge in [0.1, 0.15) is 0 Å². The molecule has 170 valence electrons. The van der Waals surface area contributed by atoms with Crippen molar-refractivity contribution in [2.45, 2.75) is 52.9 Å². The minimum atomic E-state index is 0.116. The average molecular weight is 435 g/mol. The fourth-order valence-corrected chi connectivity index (χ4v) is 4.00. The SMILES string of the molecule is CC(C)CCC(=O)N1CCN(c2nc3nccc(-c4ccc(C(C)(C)C)cc4)n3n2)CC1. The van der Waals surface area contributed by atoms with Crippen molar-refractivity contribution in [3.63, 3.8) is 0 Å². The van der Waals surface area contributed by atoms with Crippen molar-refractivity contribution in [1.29, 1.82) is 0 Å². The number of piperazine rings is 1. The van der Waals surface area contributed by atoms with Crippen molar-refractivity contribution in [2.24, 2.45) is 5.92 Å². The second-order valence-corrected chi connectivity index (χ2v) is 10.1. The van der Waals surface area contributed by atoms with E-state index in [4.69, 9.17) is 5.10 Å². The standard InChI is InChI=1S/C25H34N6O/c1-18(2)6-11-22(32)29-14-16-30(17-15-29)24-27-23-26-13-12-21(31(23)28-24)19-7-9-20(10-8-19)25(3,4)5/h7-10,12-13,18H,6,11,14-17H2,1-5H3. The van der Waals surface area contributed by atoms with Crippen LogP contribution in [0.3, 0.4) is 0 Å². The van der Waals surface area contributed by atoms with Crippen LogP contribution in [0, 0.1) is 5.92 Å². The normalized spacial score (nSPS) is 15.1. The largest absolute Gasteiger partial charge is 0.339 e. The smallest absolute Gasteiger partial charge is 0.254 e. The summed E-state index contributed by atoms with van der Waals surface area (Å²) in [6.45, 7) is 13.8. The van der Waals surface area contributed by atoms with Crippen LogP contribution in [0.2, 0.25) is 0 Å². The second-order valence-electron chi connectivity index (χ2n) is 10.1. The number of fused-ring (bicyclic) bond motifs is 1. The molecule has 7 nitrogen and oxygen atoms in total. The third-order valence-corrected chi connectivity index (χ3v) is 6.13. The Morgan fingerprint density at radius 2 is 1.72 bits per heavy atom. The third kappa shape index (κ3) is 4.76. The fraction of sp³-hybridized carbons (Fsp3) is 0.520. The van der Waals surface area contributed by atoms with Gasteiger partial charge < -0.3 is 9.80 Å². The number of carbonyl (C=O) groups excluding carboxylic acids is 1. The molecule has 1 aromatic carbocycles. The van der Waals surface area contributed by atoms with Gasteiger partial charge >= 0.3 is 0 Å². The van der Waals surface area contributed by atoms with Crippen LogP contribution in [0.5, 0.6) is 0 Å². The molecule has 3 heterocycles. The molecule has 1 aliphatic heterocycles. The van der Waals surface area contributed by atoms with E-state index in [1.54, 1.807) is 6.20 Å². The van der Waals surface area contributed by atoms with Crippen molar-refractivity contribution < 1.29 is 4.79 Å². The van der Waals surface area contributed by atoms with E-state index in [2.05, 4.69) is 73.8 Å². The summed E-state index contributed by atoms with van der Waals surface area (Å²) in [7, 11) is 0. The van der Waals surface area contributed by atoms with Crippen molar-refractivity contribution >= 4 is 17.6 Å². The lowest BCUT2D eigenvalue weighted by molar-refractivity contribution is -0.131. The van der Waals surface area contributed by atoms with E-state index in [0.717, 1.165) is 30.8 Å². The van der Waals surface area contributed by atoms with Gasteiger partial charge in [-0.15, -0.1) is 5.10 Å². The molecule has 1 aliphatic rings. The Morgan fingerprint density at radius 3 is 2.34 bits per heavy atom. The molecule has 32 heavy (non-hydrogen) atoms. The number of aromatic nitrogens is 4. The van der Waals surface area contributed by atoms with Crippen molar-refractivity contribution in [1.82, 2.24) is 24.5 Å². The first-order valence-corrected chi connectivity index (χ1v) is 11.6. The molecule has 0 radical (unpaired) electrons. The summed E-state index contributed by atoms with van der Waals surface area (Å²) in [6.07, 6.45) is 3.36. The minimum Gasteiger partial charge on any atom is -0.339 e.